The number of hydrogen-bond donors (Lipinski definition) is 3. The van der Waals surface area contributed by atoms with Crippen molar-refractivity contribution < 1.29 is 50.4 Å². The summed E-state index contributed by atoms with van der Waals surface area (Å²) in [6.07, 6.45) is 0. The second kappa shape index (κ2) is 13.3. The lowest BCUT2D eigenvalue weighted by molar-refractivity contribution is -0.800. The second-order valence-electron chi connectivity index (χ2n) is 9.39. The van der Waals surface area contributed by atoms with Crippen LogP contribution in [0.1, 0.15) is 25.0 Å². The van der Waals surface area contributed by atoms with Gasteiger partial charge < -0.3 is 19.7 Å². The van der Waals surface area contributed by atoms with Crippen molar-refractivity contribution in [3.63, 3.8) is 0 Å². The van der Waals surface area contributed by atoms with Crippen LogP contribution in [0.4, 0.5) is 0 Å². The van der Waals surface area contributed by atoms with E-state index in [1.807, 2.05) is 0 Å². The molecule has 0 spiro atoms. The summed E-state index contributed by atoms with van der Waals surface area (Å²) >= 11 is 0. The van der Waals surface area contributed by atoms with Crippen molar-refractivity contribution in [2.45, 2.75) is 48.8 Å². The van der Waals surface area contributed by atoms with E-state index in [4.69, 9.17) is 9.47 Å². The van der Waals surface area contributed by atoms with Crippen molar-refractivity contribution >= 4 is 32.0 Å². The number of hydrogen-bond acceptors (Lipinski definition) is 8. The number of carboxylic acids is 2. The molecule has 0 amide bonds. The first-order valence-corrected chi connectivity index (χ1v) is 15.6. The maximum absolute atomic E-state index is 13.7. The van der Waals surface area contributed by atoms with Crippen LogP contribution in [-0.4, -0.2) is 69.6 Å². The molecule has 0 aliphatic rings. The number of carboxylic acid groups (broad SMARTS) is 2. The molecule has 3 unspecified atom stereocenters. The Kier molecular flexibility index (Phi) is 10.3. The normalized spacial score (nSPS) is 14.1. The van der Waals surface area contributed by atoms with Crippen molar-refractivity contribution in [1.29, 1.82) is 0 Å². The van der Waals surface area contributed by atoms with E-state index in [1.54, 1.807) is 24.3 Å². The third-order valence-corrected chi connectivity index (χ3v) is 10.8. The lowest BCUT2D eigenvalue weighted by Gasteiger charge is -2.28. The van der Waals surface area contributed by atoms with E-state index in [0.717, 1.165) is 4.31 Å². The Balaban J connectivity index is 2.07. The lowest BCUT2D eigenvalue weighted by Crippen LogP contribution is -3.16. The highest BCUT2D eigenvalue weighted by atomic mass is 32.2. The van der Waals surface area contributed by atoms with Crippen LogP contribution in [0.5, 0.6) is 11.5 Å². The molecule has 0 aliphatic heterocycles. The molecule has 3 rings (SSSR count). The molecule has 0 aromatic heterocycles. The highest BCUT2D eigenvalue weighted by Gasteiger charge is 2.39. The number of nitrogens with one attached hydrogen (secondary N) is 1. The first kappa shape index (κ1) is 32.5. The standard InChI is InChI=1S/C28H32N2O10S2/c1-19(27(31)32)29(41(35,36)25-13-9-23(39-3)10-14-25)17-21-7-5-6-8-22(21)18-30(20(2)28(33)34)42(37,38)26-15-11-24(40-4)12-16-26/h5-16,19-20H,17-18H2,1-4H3,(H,31,32)(H,33,34)/p+1. The summed E-state index contributed by atoms with van der Waals surface area (Å²) in [7, 11) is -5.79. The number of nitrogens with zero attached hydrogens (tertiary/aromatic N) is 1. The first-order valence-electron chi connectivity index (χ1n) is 12.7. The van der Waals surface area contributed by atoms with Gasteiger partial charge in [0.1, 0.15) is 29.0 Å². The molecule has 0 fully saturated rings. The van der Waals surface area contributed by atoms with E-state index in [-0.39, 0.29) is 20.6 Å². The predicted molar refractivity (Wildman–Crippen MR) is 151 cm³/mol. The third-order valence-electron chi connectivity index (χ3n) is 6.83. The molecule has 0 saturated heterocycles. The first-order chi connectivity index (χ1) is 19.7. The zero-order chi connectivity index (χ0) is 31.2. The largest absolute Gasteiger partial charge is 0.497 e. The van der Waals surface area contributed by atoms with Crippen LogP contribution in [0.25, 0.3) is 0 Å². The minimum absolute atomic E-state index is 0.132. The van der Waals surface area contributed by atoms with E-state index in [9.17, 15) is 36.6 Å². The van der Waals surface area contributed by atoms with Gasteiger partial charge in [-0.05, 0) is 61.0 Å². The predicted octanol–water partition coefficient (Wildman–Crippen LogP) is 1.61. The number of quaternary nitrogens is 1. The zero-order valence-electron chi connectivity index (χ0n) is 23.4. The van der Waals surface area contributed by atoms with Crippen LogP contribution < -0.4 is 13.8 Å². The van der Waals surface area contributed by atoms with Gasteiger partial charge in [-0.1, -0.05) is 24.3 Å². The van der Waals surface area contributed by atoms with Crippen LogP contribution >= 0.6 is 0 Å². The Labute approximate surface area is 244 Å². The fraction of sp³-hybridized carbons (Fsp3) is 0.286. The highest BCUT2D eigenvalue weighted by molar-refractivity contribution is 7.89. The number of aliphatic carboxylic acids is 2. The maximum Gasteiger partial charge on any atom is 0.363 e. The molecule has 0 aliphatic carbocycles. The molecule has 226 valence electrons. The van der Waals surface area contributed by atoms with Crippen molar-refractivity contribution in [3.05, 3.63) is 83.9 Å². The number of methoxy groups -OCH3 is 2. The Bertz CT molecular complexity index is 1500. The van der Waals surface area contributed by atoms with Gasteiger partial charge >= 0.3 is 22.0 Å². The average Bonchev–Trinajstić information content (AvgIpc) is 2.98. The Morgan fingerprint density at radius 2 is 1.24 bits per heavy atom. The Morgan fingerprint density at radius 3 is 1.69 bits per heavy atom. The second-order valence-corrected chi connectivity index (χ2v) is 13.3. The smallest absolute Gasteiger partial charge is 0.363 e. The van der Waals surface area contributed by atoms with Gasteiger partial charge in [-0.15, -0.1) is 0 Å². The molecule has 14 heteroatoms. The number of ether oxygens (including phenoxy) is 2. The maximum atomic E-state index is 13.7. The van der Waals surface area contributed by atoms with E-state index in [2.05, 4.69) is 0 Å². The van der Waals surface area contributed by atoms with Gasteiger partial charge in [-0.2, -0.15) is 12.7 Å². The number of carbonyl (C=O) groups is 2. The molecule has 3 aromatic rings. The van der Waals surface area contributed by atoms with Gasteiger partial charge in [0.25, 0.3) is 0 Å². The summed E-state index contributed by atoms with van der Waals surface area (Å²) in [5.41, 5.74) is 0.632. The lowest BCUT2D eigenvalue weighted by atomic mass is 10.1. The fourth-order valence-electron chi connectivity index (χ4n) is 4.20. The van der Waals surface area contributed by atoms with E-state index >= 15 is 0 Å². The van der Waals surface area contributed by atoms with E-state index in [1.165, 1.54) is 76.6 Å². The van der Waals surface area contributed by atoms with Crippen LogP contribution in [0.2, 0.25) is 0 Å². The number of rotatable bonds is 14. The number of benzene rings is 3. The van der Waals surface area contributed by atoms with Crippen LogP contribution in [-0.2, 0) is 42.7 Å². The van der Waals surface area contributed by atoms with Crippen molar-refractivity contribution in [2.24, 2.45) is 0 Å². The Hall–Kier alpha value is -3.98. The zero-order valence-corrected chi connectivity index (χ0v) is 25.1. The molecule has 0 radical (unpaired) electrons. The monoisotopic (exact) mass is 621 g/mol. The molecule has 0 bridgehead atoms. The Morgan fingerprint density at radius 1 is 0.762 bits per heavy atom. The quantitative estimate of drug-likeness (QED) is 0.240. The average molecular weight is 622 g/mol. The molecule has 0 saturated carbocycles. The van der Waals surface area contributed by atoms with Crippen molar-refractivity contribution in [2.75, 3.05) is 14.2 Å². The molecule has 0 heterocycles. The SMILES string of the molecule is COc1ccc(S(=O)(=O)N(Cc2ccccc2C[NH+](C(C)C(=O)O)S(=O)(=O)c2ccc(OC)cc2)C(C)C(=O)O)cc1. The van der Waals surface area contributed by atoms with Gasteiger partial charge in [0.2, 0.25) is 10.0 Å². The van der Waals surface area contributed by atoms with E-state index in [0.29, 0.717) is 22.6 Å². The minimum atomic E-state index is -4.36. The topological polar surface area (TPSA) is 169 Å². The third kappa shape index (κ3) is 7.07. The summed E-state index contributed by atoms with van der Waals surface area (Å²) in [6, 6.07) is 14.4. The van der Waals surface area contributed by atoms with Crippen LogP contribution in [0, 0.1) is 0 Å². The van der Waals surface area contributed by atoms with Crippen LogP contribution in [0.3, 0.4) is 0 Å². The summed E-state index contributed by atoms with van der Waals surface area (Å²) < 4.78 is 65.3. The molecule has 3 N–H and O–H groups in total. The molecule has 12 nitrogen and oxygen atoms in total. The van der Waals surface area contributed by atoms with E-state index < -0.39 is 50.6 Å². The molecule has 42 heavy (non-hydrogen) atoms. The van der Waals surface area contributed by atoms with Gasteiger partial charge in [-0.25, -0.2) is 17.5 Å². The van der Waals surface area contributed by atoms with Crippen LogP contribution in [0.15, 0.2) is 82.6 Å². The van der Waals surface area contributed by atoms with Crippen molar-refractivity contribution in [1.82, 2.24) is 4.31 Å². The van der Waals surface area contributed by atoms with Gasteiger partial charge in [0.05, 0.1) is 19.1 Å². The summed E-state index contributed by atoms with van der Waals surface area (Å²) in [4.78, 5) is 23.7. The molecule has 3 atom stereocenters. The van der Waals surface area contributed by atoms with Crippen molar-refractivity contribution in [3.8, 4) is 11.5 Å². The summed E-state index contributed by atoms with van der Waals surface area (Å²) in [5.74, 6) is -1.93. The van der Waals surface area contributed by atoms with Gasteiger partial charge in [0, 0.05) is 19.0 Å². The highest BCUT2D eigenvalue weighted by Crippen LogP contribution is 2.25. The molecular formula is C28H33N2O10S2+. The van der Waals surface area contributed by atoms with Gasteiger partial charge in [-0.3, -0.25) is 4.79 Å². The summed E-state index contributed by atoms with van der Waals surface area (Å²) in [5, 5.41) is 19.5. The minimum Gasteiger partial charge on any atom is -0.497 e. The number of sulfonamides is 2. The van der Waals surface area contributed by atoms with Gasteiger partial charge in [0.15, 0.2) is 6.04 Å². The summed E-state index contributed by atoms with van der Waals surface area (Å²) in [6.45, 7) is 1.71. The fourth-order valence-corrected chi connectivity index (χ4v) is 7.48. The molecular weight excluding hydrogens is 588 g/mol. The molecule has 3 aromatic carbocycles.